The van der Waals surface area contributed by atoms with Crippen LogP contribution in [0.1, 0.15) is 37.7 Å². The van der Waals surface area contributed by atoms with Crippen LogP contribution >= 0.6 is 24.8 Å². The van der Waals surface area contributed by atoms with Crippen molar-refractivity contribution in [3.05, 3.63) is 29.8 Å². The molecule has 4 nitrogen and oxygen atoms in total. The van der Waals surface area contributed by atoms with E-state index in [2.05, 4.69) is 27.7 Å². The van der Waals surface area contributed by atoms with Gasteiger partial charge in [-0.1, -0.05) is 25.0 Å². The van der Waals surface area contributed by atoms with E-state index in [4.69, 9.17) is 0 Å². The molecular weight excluding hydrogens is 333 g/mol. The van der Waals surface area contributed by atoms with Gasteiger partial charge < -0.3 is 10.6 Å². The Hall–Kier alpha value is -0.810. The van der Waals surface area contributed by atoms with E-state index in [0.29, 0.717) is 13.0 Å². The average Bonchev–Trinajstić information content (AvgIpc) is 2.76. The molecule has 0 bridgehead atoms. The Morgan fingerprint density at radius 1 is 1.04 bits per heavy atom. The van der Waals surface area contributed by atoms with Gasteiger partial charge in [-0.15, -0.1) is 24.8 Å². The van der Waals surface area contributed by atoms with Gasteiger partial charge in [0.2, 0.25) is 5.91 Å². The fourth-order valence-electron chi connectivity index (χ4n) is 2.71. The predicted molar refractivity (Wildman–Crippen MR) is 102 cm³/mol. The topological polar surface area (TPSA) is 44.4 Å². The van der Waals surface area contributed by atoms with E-state index in [0.717, 1.165) is 12.2 Å². The molecule has 0 aromatic heterocycles. The number of hydrogen-bond acceptors (Lipinski definition) is 3. The Morgan fingerprint density at radius 2 is 1.65 bits per heavy atom. The first-order chi connectivity index (χ1) is 10.3. The van der Waals surface area contributed by atoms with Crippen LogP contribution in [-0.4, -0.2) is 37.5 Å². The van der Waals surface area contributed by atoms with Crippen molar-refractivity contribution in [3.63, 3.8) is 0 Å². The minimum absolute atomic E-state index is 0. The maximum atomic E-state index is 11.7. The van der Waals surface area contributed by atoms with Crippen molar-refractivity contribution in [2.24, 2.45) is 0 Å². The number of hydrogen-bond donors (Lipinski definition) is 2. The fourth-order valence-corrected chi connectivity index (χ4v) is 2.71. The molecule has 0 unspecified atom stereocenters. The van der Waals surface area contributed by atoms with E-state index in [9.17, 15) is 4.79 Å². The third-order valence-corrected chi connectivity index (χ3v) is 3.94. The second kappa shape index (κ2) is 12.6. The Morgan fingerprint density at radius 3 is 2.22 bits per heavy atom. The third-order valence-electron chi connectivity index (χ3n) is 3.94. The number of carbonyl (C=O) groups is 1. The Kier molecular flexibility index (Phi) is 12.1. The molecule has 2 rings (SSSR count). The van der Waals surface area contributed by atoms with E-state index in [1.165, 1.54) is 44.3 Å². The van der Waals surface area contributed by atoms with Gasteiger partial charge >= 0.3 is 0 Å². The number of nitrogens with zero attached hydrogens (tertiary/aromatic N) is 1. The minimum Gasteiger partial charge on any atom is -0.326 e. The van der Waals surface area contributed by atoms with E-state index in [1.807, 2.05) is 19.2 Å². The van der Waals surface area contributed by atoms with Gasteiger partial charge in [-0.2, -0.15) is 0 Å². The van der Waals surface area contributed by atoms with Gasteiger partial charge in [0, 0.05) is 25.2 Å². The molecule has 1 aliphatic rings. The van der Waals surface area contributed by atoms with Crippen LogP contribution in [0.5, 0.6) is 0 Å². The molecule has 0 radical (unpaired) electrons. The summed E-state index contributed by atoms with van der Waals surface area (Å²) in [5.41, 5.74) is 2.21. The standard InChI is InChI=1S/C17H27N3O.2ClH/c1-18-11-10-17(21)19-16-8-6-15(7-9-16)14-20-12-4-2-3-5-13-20;;/h6-9,18H,2-5,10-14H2,1H3,(H,19,21);2*1H. The van der Waals surface area contributed by atoms with Crippen molar-refractivity contribution in [2.75, 3.05) is 32.0 Å². The second-order valence-corrected chi connectivity index (χ2v) is 5.79. The zero-order chi connectivity index (χ0) is 14.9. The zero-order valence-electron chi connectivity index (χ0n) is 13.8. The van der Waals surface area contributed by atoms with Crippen molar-refractivity contribution in [1.29, 1.82) is 0 Å². The molecule has 2 N–H and O–H groups in total. The van der Waals surface area contributed by atoms with Crippen LogP contribution in [0.15, 0.2) is 24.3 Å². The highest BCUT2D eigenvalue weighted by atomic mass is 35.5. The lowest BCUT2D eigenvalue weighted by Gasteiger charge is -2.19. The molecule has 0 saturated carbocycles. The molecule has 6 heteroatoms. The number of rotatable bonds is 6. The first kappa shape index (κ1) is 22.2. The van der Waals surface area contributed by atoms with Crippen molar-refractivity contribution in [1.82, 2.24) is 10.2 Å². The summed E-state index contributed by atoms with van der Waals surface area (Å²) in [6.45, 7) is 4.15. The monoisotopic (exact) mass is 361 g/mol. The van der Waals surface area contributed by atoms with E-state index < -0.39 is 0 Å². The number of benzene rings is 1. The van der Waals surface area contributed by atoms with E-state index in [-0.39, 0.29) is 30.7 Å². The molecule has 1 heterocycles. The third kappa shape index (κ3) is 8.56. The number of amides is 1. The number of anilines is 1. The van der Waals surface area contributed by atoms with Gasteiger partial charge in [0.05, 0.1) is 0 Å². The number of carbonyl (C=O) groups excluding carboxylic acids is 1. The highest BCUT2D eigenvalue weighted by molar-refractivity contribution is 5.90. The van der Waals surface area contributed by atoms with Crippen LogP contribution in [0.25, 0.3) is 0 Å². The largest absolute Gasteiger partial charge is 0.326 e. The van der Waals surface area contributed by atoms with Crippen molar-refractivity contribution >= 4 is 36.4 Å². The highest BCUT2D eigenvalue weighted by Crippen LogP contribution is 2.15. The molecule has 1 aromatic carbocycles. The van der Waals surface area contributed by atoms with Crippen LogP contribution in [0, 0.1) is 0 Å². The summed E-state index contributed by atoms with van der Waals surface area (Å²) >= 11 is 0. The van der Waals surface area contributed by atoms with Gasteiger partial charge in [0.25, 0.3) is 0 Å². The number of nitrogens with one attached hydrogen (secondary N) is 2. The van der Waals surface area contributed by atoms with Gasteiger partial charge in [0.15, 0.2) is 0 Å². The summed E-state index contributed by atoms with van der Waals surface area (Å²) in [5, 5.41) is 5.90. The molecule has 1 saturated heterocycles. The SMILES string of the molecule is CNCCC(=O)Nc1ccc(CN2CCCCCC2)cc1.Cl.Cl. The Bertz CT molecular complexity index is 432. The fraction of sp³-hybridized carbons (Fsp3) is 0.588. The Balaban J connectivity index is 0.00000242. The molecule has 0 spiro atoms. The van der Waals surface area contributed by atoms with E-state index in [1.54, 1.807) is 0 Å². The Labute approximate surface area is 152 Å². The van der Waals surface area contributed by atoms with Crippen LogP contribution < -0.4 is 10.6 Å². The summed E-state index contributed by atoms with van der Waals surface area (Å²) in [5.74, 6) is 0.0598. The van der Waals surface area contributed by atoms with Crippen molar-refractivity contribution in [2.45, 2.75) is 38.6 Å². The lowest BCUT2D eigenvalue weighted by molar-refractivity contribution is -0.116. The molecule has 0 atom stereocenters. The molecule has 1 fully saturated rings. The molecular formula is C17H29Cl2N3O. The maximum Gasteiger partial charge on any atom is 0.225 e. The average molecular weight is 362 g/mol. The summed E-state index contributed by atoms with van der Waals surface area (Å²) in [6.07, 6.45) is 5.88. The van der Waals surface area contributed by atoms with Crippen LogP contribution in [0.3, 0.4) is 0 Å². The second-order valence-electron chi connectivity index (χ2n) is 5.79. The molecule has 0 aliphatic carbocycles. The van der Waals surface area contributed by atoms with Crippen LogP contribution in [0.2, 0.25) is 0 Å². The molecule has 23 heavy (non-hydrogen) atoms. The maximum absolute atomic E-state index is 11.7. The summed E-state index contributed by atoms with van der Waals surface area (Å²) in [6, 6.07) is 8.26. The van der Waals surface area contributed by atoms with Crippen LogP contribution in [0.4, 0.5) is 5.69 Å². The normalized spacial score (nSPS) is 15.0. The molecule has 1 amide bonds. The first-order valence-corrected chi connectivity index (χ1v) is 8.03. The van der Waals surface area contributed by atoms with Crippen LogP contribution in [-0.2, 0) is 11.3 Å². The minimum atomic E-state index is 0. The molecule has 1 aliphatic heterocycles. The van der Waals surface area contributed by atoms with Gasteiger partial charge in [-0.05, 0) is 50.7 Å². The first-order valence-electron chi connectivity index (χ1n) is 8.03. The predicted octanol–water partition coefficient (Wildman–Crippen LogP) is 3.45. The van der Waals surface area contributed by atoms with Gasteiger partial charge in [-0.25, -0.2) is 0 Å². The van der Waals surface area contributed by atoms with Gasteiger partial charge in [-0.3, -0.25) is 9.69 Å². The van der Waals surface area contributed by atoms with Gasteiger partial charge in [0.1, 0.15) is 0 Å². The lowest BCUT2D eigenvalue weighted by Crippen LogP contribution is -2.24. The summed E-state index contributed by atoms with van der Waals surface area (Å²) < 4.78 is 0. The molecule has 1 aromatic rings. The highest BCUT2D eigenvalue weighted by Gasteiger charge is 2.09. The van der Waals surface area contributed by atoms with E-state index >= 15 is 0 Å². The van der Waals surface area contributed by atoms with Crippen molar-refractivity contribution < 1.29 is 4.79 Å². The lowest BCUT2D eigenvalue weighted by atomic mass is 10.2. The summed E-state index contributed by atoms with van der Waals surface area (Å²) in [4.78, 5) is 14.2. The van der Waals surface area contributed by atoms with Crippen molar-refractivity contribution in [3.8, 4) is 0 Å². The zero-order valence-corrected chi connectivity index (χ0v) is 15.5. The summed E-state index contributed by atoms with van der Waals surface area (Å²) in [7, 11) is 1.85. The number of likely N-dealkylation sites (tertiary alicyclic amines) is 1. The smallest absolute Gasteiger partial charge is 0.225 e. The molecule has 132 valence electrons. The number of halogens is 2. The quantitative estimate of drug-likeness (QED) is 0.815.